The summed E-state index contributed by atoms with van der Waals surface area (Å²) >= 11 is 3.68. The van der Waals surface area contributed by atoms with E-state index in [2.05, 4.69) is 36.0 Å². The Hall–Kier alpha value is -1.71. The first-order chi connectivity index (χ1) is 16.2. The topological polar surface area (TPSA) is 90.4 Å². The van der Waals surface area contributed by atoms with Crippen LogP contribution in [0.1, 0.15) is 39.5 Å². The maximum Gasteiger partial charge on any atom is 0.248 e. The number of rotatable bonds is 12. The van der Waals surface area contributed by atoms with Crippen LogP contribution in [0.3, 0.4) is 0 Å². The summed E-state index contributed by atoms with van der Waals surface area (Å²) < 4.78 is 6.53. The third-order valence-electron chi connectivity index (χ3n) is 7.54. The van der Waals surface area contributed by atoms with Gasteiger partial charge in [-0.15, -0.1) is 13.2 Å². The van der Waals surface area contributed by atoms with Gasteiger partial charge in [-0.05, 0) is 19.3 Å². The smallest absolute Gasteiger partial charge is 0.248 e. The van der Waals surface area contributed by atoms with Crippen molar-refractivity contribution in [3.05, 3.63) is 25.3 Å². The van der Waals surface area contributed by atoms with Gasteiger partial charge in [0.1, 0.15) is 11.6 Å². The fraction of sp³-hybridized carbons (Fsp3) is 0.720. The summed E-state index contributed by atoms with van der Waals surface area (Å²) in [5.41, 5.74) is -1.11. The monoisotopic (exact) mass is 539 g/mol. The number of unbranched alkanes of at least 4 members (excludes halogenated alkanes) is 1. The molecule has 190 valence electrons. The lowest BCUT2D eigenvalue weighted by molar-refractivity contribution is -0.151. The Morgan fingerprint density at radius 3 is 2.53 bits per heavy atom. The largest absolute Gasteiger partial charge is 0.394 e. The molecule has 2 bridgehead atoms. The van der Waals surface area contributed by atoms with E-state index in [1.807, 2.05) is 6.92 Å². The molecule has 1 N–H and O–H groups in total. The first-order valence-corrected chi connectivity index (χ1v) is 13.2. The zero-order valence-electron chi connectivity index (χ0n) is 20.5. The van der Waals surface area contributed by atoms with E-state index in [-0.39, 0.29) is 29.2 Å². The summed E-state index contributed by atoms with van der Waals surface area (Å²) in [6.07, 6.45) is 5.51. The highest BCUT2D eigenvalue weighted by Crippen LogP contribution is 2.60. The van der Waals surface area contributed by atoms with Gasteiger partial charge in [-0.1, -0.05) is 48.4 Å². The zero-order chi connectivity index (χ0) is 25.2. The molecule has 3 unspecified atom stereocenters. The highest BCUT2D eigenvalue weighted by molar-refractivity contribution is 9.09. The van der Waals surface area contributed by atoms with Crippen molar-refractivity contribution in [1.82, 2.24) is 14.7 Å². The molecular formula is C25H38BrN3O5. The van der Waals surface area contributed by atoms with Crippen LogP contribution in [0.25, 0.3) is 0 Å². The number of ether oxygens (including phenoxy) is 1. The molecule has 3 saturated heterocycles. The maximum absolute atomic E-state index is 14.1. The molecule has 0 aromatic rings. The van der Waals surface area contributed by atoms with Gasteiger partial charge in [0.2, 0.25) is 17.7 Å². The molecule has 0 aliphatic carbocycles. The average Bonchev–Trinajstić information content (AvgIpc) is 3.40. The van der Waals surface area contributed by atoms with Crippen molar-refractivity contribution in [3.63, 3.8) is 0 Å². The molecule has 34 heavy (non-hydrogen) atoms. The molecule has 8 nitrogen and oxygen atoms in total. The number of hydrogen-bond acceptors (Lipinski definition) is 5. The van der Waals surface area contributed by atoms with Crippen LogP contribution in [-0.4, -0.2) is 99.4 Å². The fourth-order valence-electron chi connectivity index (χ4n) is 5.94. The van der Waals surface area contributed by atoms with Gasteiger partial charge in [0, 0.05) is 31.5 Å². The highest BCUT2D eigenvalue weighted by Gasteiger charge is 2.77. The Bertz CT molecular complexity index is 818. The minimum Gasteiger partial charge on any atom is -0.394 e. The van der Waals surface area contributed by atoms with E-state index in [0.717, 1.165) is 12.8 Å². The number of likely N-dealkylation sites (N-methyl/N-ethyl adjacent to an activating group) is 1. The quantitative estimate of drug-likeness (QED) is 0.302. The Labute approximate surface area is 211 Å². The third kappa shape index (κ3) is 4.24. The molecule has 1 spiro atoms. The maximum atomic E-state index is 14.1. The molecule has 3 fully saturated rings. The Morgan fingerprint density at radius 2 is 1.97 bits per heavy atom. The van der Waals surface area contributed by atoms with Gasteiger partial charge in [0.05, 0.1) is 30.6 Å². The van der Waals surface area contributed by atoms with Gasteiger partial charge < -0.3 is 24.5 Å². The number of halogens is 1. The number of hydrogen-bond donors (Lipinski definition) is 1. The molecule has 0 aromatic carbocycles. The summed E-state index contributed by atoms with van der Waals surface area (Å²) in [6, 6.07) is -1.43. The fourth-order valence-corrected chi connectivity index (χ4v) is 6.89. The SMILES string of the molecule is C=CCN(C)C(=O)[C@H]1[C@H]2C(=O)N([C@@H](CC)CO)C(C(=O)N(CC=C)CCCC)C23CC(Br)[C@@H]1O3. The minimum absolute atomic E-state index is 0.157. The van der Waals surface area contributed by atoms with Crippen LogP contribution in [0.5, 0.6) is 0 Å². The molecule has 0 saturated carbocycles. The second kappa shape index (κ2) is 10.9. The van der Waals surface area contributed by atoms with E-state index >= 15 is 0 Å². The summed E-state index contributed by atoms with van der Waals surface area (Å²) in [7, 11) is 1.69. The number of amides is 3. The molecule has 9 heteroatoms. The Balaban J connectivity index is 2.09. The molecule has 3 heterocycles. The van der Waals surface area contributed by atoms with Crippen LogP contribution in [0.15, 0.2) is 25.3 Å². The van der Waals surface area contributed by atoms with Gasteiger partial charge in [-0.25, -0.2) is 0 Å². The van der Waals surface area contributed by atoms with Crippen LogP contribution < -0.4 is 0 Å². The molecule has 0 radical (unpaired) electrons. The van der Waals surface area contributed by atoms with Crippen LogP contribution >= 0.6 is 15.9 Å². The number of alkyl halides is 1. The molecular weight excluding hydrogens is 502 g/mol. The first-order valence-electron chi connectivity index (χ1n) is 12.2. The van der Waals surface area contributed by atoms with E-state index in [9.17, 15) is 19.5 Å². The normalized spacial score (nSPS) is 32.4. The number of aliphatic hydroxyl groups excluding tert-OH is 1. The standard InChI is InChI=1S/C25H38BrN3O5/c1-6-10-13-28(12-8-3)24(33)21-25-14-17(26)20(34-25)18(22(31)27(5)11-7-2)19(25)23(32)29(21)16(9-4)15-30/h7-8,16-21,30H,2-3,6,9-15H2,1,4-5H3/t16-,17?,18-,19-,20-,21?,25?/m0/s1. The van der Waals surface area contributed by atoms with Crippen molar-refractivity contribution in [3.8, 4) is 0 Å². The number of carbonyl (C=O) groups excluding carboxylic acids is 3. The van der Waals surface area contributed by atoms with Gasteiger partial charge in [0.25, 0.3) is 0 Å². The third-order valence-corrected chi connectivity index (χ3v) is 8.39. The number of carbonyl (C=O) groups is 3. The summed E-state index contributed by atoms with van der Waals surface area (Å²) in [5.74, 6) is -2.13. The lowest BCUT2D eigenvalue weighted by atomic mass is 9.70. The zero-order valence-corrected chi connectivity index (χ0v) is 22.1. The molecule has 3 aliphatic heterocycles. The van der Waals surface area contributed by atoms with E-state index in [1.165, 1.54) is 4.90 Å². The van der Waals surface area contributed by atoms with Gasteiger partial charge in [-0.3, -0.25) is 14.4 Å². The predicted molar refractivity (Wildman–Crippen MR) is 133 cm³/mol. The predicted octanol–water partition coefficient (Wildman–Crippen LogP) is 1.96. The second-order valence-electron chi connectivity index (χ2n) is 9.59. The number of nitrogens with zero attached hydrogens (tertiary/aromatic N) is 3. The lowest BCUT2D eigenvalue weighted by Crippen LogP contribution is -2.59. The first kappa shape index (κ1) is 26.9. The van der Waals surface area contributed by atoms with Crippen LogP contribution in [0, 0.1) is 11.8 Å². The van der Waals surface area contributed by atoms with Crippen molar-refractivity contribution < 1.29 is 24.2 Å². The van der Waals surface area contributed by atoms with Crippen molar-refractivity contribution in [2.75, 3.05) is 33.3 Å². The molecule has 3 rings (SSSR count). The molecule has 0 aromatic heterocycles. The van der Waals surface area contributed by atoms with Crippen molar-refractivity contribution in [2.45, 2.75) is 68.1 Å². The van der Waals surface area contributed by atoms with Crippen molar-refractivity contribution >= 4 is 33.7 Å². The van der Waals surface area contributed by atoms with Crippen LogP contribution in [0.4, 0.5) is 0 Å². The van der Waals surface area contributed by atoms with Crippen molar-refractivity contribution in [2.24, 2.45) is 11.8 Å². The molecule has 7 atom stereocenters. The second-order valence-corrected chi connectivity index (χ2v) is 10.8. The van der Waals surface area contributed by atoms with E-state index in [1.54, 1.807) is 29.0 Å². The summed E-state index contributed by atoms with van der Waals surface area (Å²) in [6.45, 7) is 12.5. The van der Waals surface area contributed by atoms with E-state index in [4.69, 9.17) is 4.74 Å². The Kier molecular flexibility index (Phi) is 8.63. The van der Waals surface area contributed by atoms with E-state index in [0.29, 0.717) is 32.5 Å². The van der Waals surface area contributed by atoms with Gasteiger partial charge in [-0.2, -0.15) is 0 Å². The van der Waals surface area contributed by atoms with Crippen molar-refractivity contribution in [1.29, 1.82) is 0 Å². The number of likely N-dealkylation sites (tertiary alicyclic amines) is 1. The number of fused-ring (bicyclic) bond motifs is 1. The molecule has 3 aliphatic rings. The summed E-state index contributed by atoms with van der Waals surface area (Å²) in [4.78, 5) is 46.2. The minimum atomic E-state index is -1.11. The lowest BCUT2D eigenvalue weighted by Gasteiger charge is -2.39. The van der Waals surface area contributed by atoms with Crippen LogP contribution in [0.2, 0.25) is 0 Å². The highest BCUT2D eigenvalue weighted by atomic mass is 79.9. The summed E-state index contributed by atoms with van der Waals surface area (Å²) in [5, 5.41) is 10.1. The molecule has 3 amide bonds. The Morgan fingerprint density at radius 1 is 1.29 bits per heavy atom. The van der Waals surface area contributed by atoms with E-state index < -0.39 is 35.6 Å². The van der Waals surface area contributed by atoms with Gasteiger partial charge >= 0.3 is 0 Å². The number of aliphatic hydroxyl groups is 1. The average molecular weight is 540 g/mol. The van der Waals surface area contributed by atoms with Gasteiger partial charge in [0.15, 0.2) is 0 Å². The van der Waals surface area contributed by atoms with Crippen LogP contribution in [-0.2, 0) is 19.1 Å².